The quantitative estimate of drug-likeness (QED) is 0.699. The highest BCUT2D eigenvalue weighted by Crippen LogP contribution is 2.23. The highest BCUT2D eigenvalue weighted by molar-refractivity contribution is 5.84. The normalized spacial score (nSPS) is 16.4. The van der Waals surface area contributed by atoms with Crippen molar-refractivity contribution in [3.8, 4) is 5.75 Å². The molecule has 0 saturated carbocycles. The van der Waals surface area contributed by atoms with Crippen molar-refractivity contribution >= 4 is 10.9 Å². The molecule has 21 heavy (non-hydrogen) atoms. The lowest BCUT2D eigenvalue weighted by Crippen LogP contribution is -2.45. The lowest BCUT2D eigenvalue weighted by molar-refractivity contribution is 0.241. The van der Waals surface area contributed by atoms with Crippen molar-refractivity contribution in [2.24, 2.45) is 0 Å². The number of piperazine rings is 1. The number of ether oxygens (including phenoxy) is 1. The summed E-state index contributed by atoms with van der Waals surface area (Å²) in [7, 11) is 1.71. The molecule has 0 amide bonds. The Labute approximate surface area is 125 Å². The Kier molecular flexibility index (Phi) is 4.75. The molecule has 3 N–H and O–H groups in total. The second-order valence-corrected chi connectivity index (χ2v) is 5.49. The molecular weight excluding hydrogens is 264 g/mol. The third-order valence-electron chi connectivity index (χ3n) is 4.10. The van der Waals surface area contributed by atoms with Gasteiger partial charge < -0.3 is 20.4 Å². The number of methoxy groups -OCH3 is 1. The molecule has 1 aliphatic heterocycles. The number of aromatic nitrogens is 1. The largest absolute Gasteiger partial charge is 0.497 e. The Morgan fingerprint density at radius 2 is 2.14 bits per heavy atom. The molecule has 0 bridgehead atoms. The van der Waals surface area contributed by atoms with Crippen molar-refractivity contribution in [2.45, 2.75) is 6.54 Å². The van der Waals surface area contributed by atoms with Crippen LogP contribution >= 0.6 is 0 Å². The van der Waals surface area contributed by atoms with Gasteiger partial charge in [0.2, 0.25) is 0 Å². The van der Waals surface area contributed by atoms with Crippen LogP contribution in [0, 0.1) is 0 Å². The van der Waals surface area contributed by atoms with E-state index < -0.39 is 0 Å². The summed E-state index contributed by atoms with van der Waals surface area (Å²) in [5.74, 6) is 0.907. The predicted molar refractivity (Wildman–Crippen MR) is 85.9 cm³/mol. The predicted octanol–water partition coefficient (Wildman–Crippen LogP) is 1.17. The molecule has 0 unspecified atom stereocenters. The second-order valence-electron chi connectivity index (χ2n) is 5.49. The number of H-pyrrole nitrogens is 1. The van der Waals surface area contributed by atoms with Crippen LogP contribution in [-0.4, -0.2) is 56.3 Å². The summed E-state index contributed by atoms with van der Waals surface area (Å²) in [4.78, 5) is 5.82. The van der Waals surface area contributed by atoms with Crippen LogP contribution in [0.4, 0.5) is 0 Å². The van der Waals surface area contributed by atoms with Crippen LogP contribution in [0.3, 0.4) is 0 Å². The average molecular weight is 288 g/mol. The fraction of sp³-hybridized carbons (Fsp3) is 0.500. The first kappa shape index (κ1) is 14.4. The summed E-state index contributed by atoms with van der Waals surface area (Å²) >= 11 is 0. The van der Waals surface area contributed by atoms with E-state index in [1.807, 2.05) is 6.07 Å². The van der Waals surface area contributed by atoms with Gasteiger partial charge in [0.05, 0.1) is 7.11 Å². The zero-order valence-electron chi connectivity index (χ0n) is 12.6. The average Bonchev–Trinajstić information content (AvgIpc) is 2.95. The maximum Gasteiger partial charge on any atom is 0.119 e. The molecule has 0 radical (unpaired) electrons. The van der Waals surface area contributed by atoms with Crippen molar-refractivity contribution < 1.29 is 4.74 Å². The third kappa shape index (κ3) is 3.56. The third-order valence-corrected chi connectivity index (χ3v) is 4.10. The molecule has 2 heterocycles. The fourth-order valence-corrected chi connectivity index (χ4v) is 2.83. The van der Waals surface area contributed by atoms with Crippen LogP contribution in [0.15, 0.2) is 24.4 Å². The number of rotatable bonds is 6. The minimum atomic E-state index is 0.888. The van der Waals surface area contributed by atoms with E-state index >= 15 is 0 Å². The molecule has 1 aliphatic rings. The Hall–Kier alpha value is -1.56. The van der Waals surface area contributed by atoms with Crippen molar-refractivity contribution in [1.29, 1.82) is 0 Å². The molecule has 5 heteroatoms. The molecule has 1 aromatic carbocycles. The highest BCUT2D eigenvalue weighted by Gasteiger charge is 2.09. The molecule has 1 fully saturated rings. The maximum absolute atomic E-state index is 5.30. The lowest BCUT2D eigenvalue weighted by Gasteiger charge is -2.27. The van der Waals surface area contributed by atoms with Crippen molar-refractivity contribution in [1.82, 2.24) is 20.5 Å². The minimum Gasteiger partial charge on any atom is -0.497 e. The first-order valence-electron chi connectivity index (χ1n) is 7.64. The number of hydrogen-bond acceptors (Lipinski definition) is 4. The Morgan fingerprint density at radius 3 is 2.95 bits per heavy atom. The Bertz CT molecular complexity index is 575. The van der Waals surface area contributed by atoms with E-state index in [0.29, 0.717) is 0 Å². The van der Waals surface area contributed by atoms with Crippen LogP contribution < -0.4 is 15.4 Å². The van der Waals surface area contributed by atoms with Crippen LogP contribution in [0.2, 0.25) is 0 Å². The van der Waals surface area contributed by atoms with E-state index in [4.69, 9.17) is 4.74 Å². The number of aromatic amines is 1. The molecule has 0 atom stereocenters. The van der Waals surface area contributed by atoms with Gasteiger partial charge in [-0.25, -0.2) is 0 Å². The summed E-state index contributed by atoms with van der Waals surface area (Å²) in [6.07, 6.45) is 2.09. The van der Waals surface area contributed by atoms with Crippen molar-refractivity contribution in [3.05, 3.63) is 30.0 Å². The molecule has 1 saturated heterocycles. The van der Waals surface area contributed by atoms with Gasteiger partial charge in [-0.3, -0.25) is 4.90 Å². The number of benzene rings is 1. The van der Waals surface area contributed by atoms with E-state index in [9.17, 15) is 0 Å². The van der Waals surface area contributed by atoms with Crippen molar-refractivity contribution in [2.75, 3.05) is 46.4 Å². The number of hydrogen-bond donors (Lipinski definition) is 3. The van der Waals surface area contributed by atoms with Crippen molar-refractivity contribution in [3.63, 3.8) is 0 Å². The second kappa shape index (κ2) is 6.93. The van der Waals surface area contributed by atoms with Gasteiger partial charge in [-0.1, -0.05) is 0 Å². The van der Waals surface area contributed by atoms with Gasteiger partial charge in [-0.05, 0) is 23.8 Å². The molecule has 0 aliphatic carbocycles. The van der Waals surface area contributed by atoms with E-state index in [-0.39, 0.29) is 0 Å². The number of nitrogens with one attached hydrogen (secondary N) is 3. The smallest absolute Gasteiger partial charge is 0.119 e. The van der Waals surface area contributed by atoms with Crippen LogP contribution in [0.5, 0.6) is 5.75 Å². The fourth-order valence-electron chi connectivity index (χ4n) is 2.83. The molecule has 3 rings (SSSR count). The van der Waals surface area contributed by atoms with Gasteiger partial charge in [0.25, 0.3) is 0 Å². The van der Waals surface area contributed by atoms with Gasteiger partial charge in [0, 0.05) is 62.9 Å². The van der Waals surface area contributed by atoms with Crippen LogP contribution in [0.1, 0.15) is 5.56 Å². The summed E-state index contributed by atoms with van der Waals surface area (Å²) in [5, 5.41) is 8.16. The summed E-state index contributed by atoms with van der Waals surface area (Å²) < 4.78 is 5.30. The Balaban J connectivity index is 1.52. The highest BCUT2D eigenvalue weighted by atomic mass is 16.5. The summed E-state index contributed by atoms with van der Waals surface area (Å²) in [5.41, 5.74) is 2.46. The molecular formula is C16H24N4O. The number of nitrogens with zero attached hydrogens (tertiary/aromatic N) is 1. The Morgan fingerprint density at radius 1 is 1.29 bits per heavy atom. The minimum absolute atomic E-state index is 0.888. The zero-order chi connectivity index (χ0) is 14.5. The lowest BCUT2D eigenvalue weighted by atomic mass is 10.1. The first-order chi connectivity index (χ1) is 10.4. The summed E-state index contributed by atoms with van der Waals surface area (Å²) in [6.45, 7) is 7.58. The maximum atomic E-state index is 5.30. The molecule has 5 nitrogen and oxygen atoms in total. The molecule has 0 spiro atoms. The number of fused-ring (bicyclic) bond motifs is 1. The topological polar surface area (TPSA) is 52.3 Å². The van der Waals surface area contributed by atoms with Crippen LogP contribution in [-0.2, 0) is 6.54 Å². The summed E-state index contributed by atoms with van der Waals surface area (Å²) in [6, 6.07) is 6.15. The van der Waals surface area contributed by atoms with Crippen LogP contribution in [0.25, 0.3) is 10.9 Å². The van der Waals surface area contributed by atoms with E-state index in [2.05, 4.69) is 38.8 Å². The molecule has 2 aromatic rings. The van der Waals surface area contributed by atoms with Gasteiger partial charge in [-0.2, -0.15) is 0 Å². The zero-order valence-corrected chi connectivity index (χ0v) is 12.6. The SMILES string of the molecule is COc1ccc2[nH]cc(CNCCN3CCNCC3)c2c1. The van der Waals surface area contributed by atoms with Gasteiger partial charge >= 0.3 is 0 Å². The first-order valence-corrected chi connectivity index (χ1v) is 7.64. The van der Waals surface area contributed by atoms with E-state index in [1.165, 1.54) is 10.9 Å². The molecule has 114 valence electrons. The van der Waals surface area contributed by atoms with Gasteiger partial charge in [0.1, 0.15) is 5.75 Å². The van der Waals surface area contributed by atoms with E-state index in [0.717, 1.165) is 57.1 Å². The monoisotopic (exact) mass is 288 g/mol. The van der Waals surface area contributed by atoms with Gasteiger partial charge in [-0.15, -0.1) is 0 Å². The standard InChI is InChI=1S/C16H24N4O/c1-21-14-2-3-16-15(10-14)13(12-19-16)11-18-6-9-20-7-4-17-5-8-20/h2-3,10,12,17-19H,4-9,11H2,1H3. The van der Waals surface area contributed by atoms with E-state index in [1.54, 1.807) is 7.11 Å². The van der Waals surface area contributed by atoms with Gasteiger partial charge in [0.15, 0.2) is 0 Å². The molecule has 1 aromatic heterocycles.